The summed E-state index contributed by atoms with van der Waals surface area (Å²) in [6.07, 6.45) is 2.40. The quantitative estimate of drug-likeness (QED) is 0.818. The van der Waals surface area contributed by atoms with Crippen LogP contribution in [0.3, 0.4) is 0 Å². The van der Waals surface area contributed by atoms with Crippen molar-refractivity contribution < 1.29 is 14.7 Å². The van der Waals surface area contributed by atoms with E-state index in [1.54, 1.807) is 50.6 Å². The van der Waals surface area contributed by atoms with Crippen molar-refractivity contribution in [2.45, 2.75) is 0 Å². The molecule has 94 valence electrons. The first-order valence-electron chi connectivity index (χ1n) is 5.25. The van der Waals surface area contributed by atoms with Crippen LogP contribution in [0.2, 0.25) is 0 Å². The molecule has 2 rings (SSSR count). The molecule has 1 aromatic carbocycles. The third-order valence-corrected chi connectivity index (χ3v) is 2.09. The number of fused-ring (bicyclic) bond motifs is 1. The summed E-state index contributed by atoms with van der Waals surface area (Å²) < 4.78 is 0. The van der Waals surface area contributed by atoms with Crippen LogP contribution in [-0.2, 0) is 4.79 Å². The summed E-state index contributed by atoms with van der Waals surface area (Å²) in [5.74, 6) is -0.918. The number of benzene rings is 1. The highest BCUT2D eigenvalue weighted by molar-refractivity contribution is 6.02. The van der Waals surface area contributed by atoms with E-state index in [1.807, 2.05) is 0 Å². The van der Waals surface area contributed by atoms with Crippen molar-refractivity contribution in [2.75, 3.05) is 14.1 Å². The summed E-state index contributed by atoms with van der Waals surface area (Å²) in [7, 11) is 3.38. The maximum atomic E-state index is 10.8. The molecule has 0 fully saturated rings. The number of hydrogen-bond acceptors (Lipinski definition) is 3. The molecule has 5 heteroatoms. The standard InChI is InChI=1S/C10H7NO2.C3H7NO/c12-10(13)8-3-1-5-9-7(8)4-2-6-11-9;1-4(2)3-5/h1-6H,(H,12,13);3H,1-2H3. The zero-order valence-electron chi connectivity index (χ0n) is 10.2. The largest absolute Gasteiger partial charge is 0.478 e. The molecule has 18 heavy (non-hydrogen) atoms. The number of rotatable bonds is 2. The minimum Gasteiger partial charge on any atom is -0.478 e. The van der Waals surface area contributed by atoms with Crippen molar-refractivity contribution in [1.82, 2.24) is 9.88 Å². The number of amides is 1. The number of hydrogen-bond donors (Lipinski definition) is 1. The van der Waals surface area contributed by atoms with Crippen molar-refractivity contribution in [3.63, 3.8) is 0 Å². The Morgan fingerprint density at radius 1 is 1.28 bits per heavy atom. The van der Waals surface area contributed by atoms with E-state index in [0.717, 1.165) is 6.41 Å². The predicted octanol–water partition coefficient (Wildman–Crippen LogP) is 1.64. The first kappa shape index (κ1) is 13.6. The molecule has 0 saturated heterocycles. The molecule has 1 amide bonds. The first-order chi connectivity index (χ1) is 8.56. The van der Waals surface area contributed by atoms with Gasteiger partial charge in [-0.25, -0.2) is 4.79 Å². The van der Waals surface area contributed by atoms with Crippen LogP contribution in [0.25, 0.3) is 10.9 Å². The SMILES string of the molecule is CN(C)C=O.O=C(O)c1cccc2ncccc12. The summed E-state index contributed by atoms with van der Waals surface area (Å²) in [6.45, 7) is 0. The Bertz CT molecular complexity index is 547. The van der Waals surface area contributed by atoms with Gasteiger partial charge >= 0.3 is 5.97 Å². The van der Waals surface area contributed by atoms with Crippen LogP contribution < -0.4 is 0 Å². The van der Waals surface area contributed by atoms with Crippen LogP contribution in [-0.4, -0.2) is 41.5 Å². The van der Waals surface area contributed by atoms with Gasteiger partial charge in [0.1, 0.15) is 0 Å². The highest BCUT2D eigenvalue weighted by Crippen LogP contribution is 2.15. The third-order valence-electron chi connectivity index (χ3n) is 2.09. The number of pyridine rings is 1. The van der Waals surface area contributed by atoms with Gasteiger partial charge in [-0.15, -0.1) is 0 Å². The Morgan fingerprint density at radius 2 is 1.94 bits per heavy atom. The van der Waals surface area contributed by atoms with Crippen LogP contribution in [0, 0.1) is 0 Å². The van der Waals surface area contributed by atoms with Gasteiger partial charge in [0.15, 0.2) is 0 Å². The summed E-state index contributed by atoms with van der Waals surface area (Å²) in [5, 5.41) is 9.53. The average molecular weight is 246 g/mol. The minimum atomic E-state index is -0.918. The Balaban J connectivity index is 0.000000280. The molecule has 0 saturated carbocycles. The monoisotopic (exact) mass is 246 g/mol. The molecule has 1 N–H and O–H groups in total. The highest BCUT2D eigenvalue weighted by atomic mass is 16.4. The number of carboxylic acid groups (broad SMARTS) is 1. The lowest BCUT2D eigenvalue weighted by atomic mass is 10.1. The van der Waals surface area contributed by atoms with Gasteiger partial charge in [-0.05, 0) is 18.2 Å². The molecule has 0 unspecified atom stereocenters. The smallest absolute Gasteiger partial charge is 0.336 e. The molecule has 0 atom stereocenters. The lowest BCUT2D eigenvalue weighted by Gasteiger charge is -1.99. The lowest BCUT2D eigenvalue weighted by Crippen LogP contribution is -2.06. The van der Waals surface area contributed by atoms with Gasteiger partial charge in [-0.3, -0.25) is 9.78 Å². The molecule has 1 aromatic heterocycles. The molecular weight excluding hydrogens is 232 g/mol. The summed E-state index contributed by atoms with van der Waals surface area (Å²) in [6, 6.07) is 8.55. The summed E-state index contributed by atoms with van der Waals surface area (Å²) >= 11 is 0. The molecule has 0 aliphatic carbocycles. The zero-order chi connectivity index (χ0) is 13.5. The summed E-state index contributed by atoms with van der Waals surface area (Å²) in [5.41, 5.74) is 1.01. The van der Waals surface area contributed by atoms with Crippen molar-refractivity contribution in [3.8, 4) is 0 Å². The second-order valence-electron chi connectivity index (χ2n) is 3.75. The van der Waals surface area contributed by atoms with Gasteiger partial charge in [0.2, 0.25) is 6.41 Å². The van der Waals surface area contributed by atoms with Gasteiger partial charge in [-0.1, -0.05) is 12.1 Å². The molecule has 0 spiro atoms. The van der Waals surface area contributed by atoms with Gasteiger partial charge in [-0.2, -0.15) is 0 Å². The topological polar surface area (TPSA) is 70.5 Å². The molecule has 2 aromatic rings. The van der Waals surface area contributed by atoms with Crippen LogP contribution in [0.5, 0.6) is 0 Å². The van der Waals surface area contributed by atoms with Crippen molar-refractivity contribution in [1.29, 1.82) is 0 Å². The number of carboxylic acids is 1. The Kier molecular flexibility index (Phi) is 4.80. The second-order valence-corrected chi connectivity index (χ2v) is 3.75. The maximum absolute atomic E-state index is 10.8. The van der Waals surface area contributed by atoms with Crippen LogP contribution in [0.4, 0.5) is 0 Å². The van der Waals surface area contributed by atoms with E-state index in [0.29, 0.717) is 16.5 Å². The molecule has 0 aliphatic rings. The predicted molar refractivity (Wildman–Crippen MR) is 68.5 cm³/mol. The Morgan fingerprint density at radius 3 is 2.50 bits per heavy atom. The minimum absolute atomic E-state index is 0.297. The van der Waals surface area contributed by atoms with E-state index in [1.165, 1.54) is 4.90 Å². The van der Waals surface area contributed by atoms with E-state index in [2.05, 4.69) is 4.98 Å². The normalized spacial score (nSPS) is 9.22. The maximum Gasteiger partial charge on any atom is 0.336 e. The number of aromatic carboxylic acids is 1. The van der Waals surface area contributed by atoms with Gasteiger partial charge < -0.3 is 10.0 Å². The van der Waals surface area contributed by atoms with Gasteiger partial charge in [0.25, 0.3) is 0 Å². The van der Waals surface area contributed by atoms with Crippen molar-refractivity contribution >= 4 is 23.3 Å². The van der Waals surface area contributed by atoms with Crippen LogP contribution in [0.15, 0.2) is 36.5 Å². The molecular formula is C13H14N2O3. The molecule has 0 radical (unpaired) electrons. The number of nitrogens with zero attached hydrogens (tertiary/aromatic N) is 2. The fourth-order valence-electron chi connectivity index (χ4n) is 1.29. The molecule has 0 aliphatic heterocycles. The average Bonchev–Trinajstić information content (AvgIpc) is 2.38. The van der Waals surface area contributed by atoms with E-state index in [9.17, 15) is 9.59 Å². The second kappa shape index (κ2) is 6.34. The van der Waals surface area contributed by atoms with E-state index in [-0.39, 0.29) is 0 Å². The highest BCUT2D eigenvalue weighted by Gasteiger charge is 2.06. The number of carbonyl (C=O) groups is 2. The van der Waals surface area contributed by atoms with Gasteiger partial charge in [0, 0.05) is 25.7 Å². The molecule has 5 nitrogen and oxygen atoms in total. The van der Waals surface area contributed by atoms with Gasteiger partial charge in [0.05, 0.1) is 11.1 Å². The molecule has 0 bridgehead atoms. The van der Waals surface area contributed by atoms with E-state index < -0.39 is 5.97 Å². The van der Waals surface area contributed by atoms with Crippen molar-refractivity contribution in [2.24, 2.45) is 0 Å². The summed E-state index contributed by atoms with van der Waals surface area (Å²) in [4.78, 5) is 25.7. The fraction of sp³-hybridized carbons (Fsp3) is 0.154. The fourth-order valence-corrected chi connectivity index (χ4v) is 1.29. The Hall–Kier alpha value is -2.43. The molecule has 1 heterocycles. The zero-order valence-corrected chi connectivity index (χ0v) is 10.2. The Labute approximate surface area is 105 Å². The number of carbonyl (C=O) groups excluding carboxylic acids is 1. The van der Waals surface area contributed by atoms with Crippen molar-refractivity contribution in [3.05, 3.63) is 42.1 Å². The first-order valence-corrected chi connectivity index (χ1v) is 5.25. The number of aromatic nitrogens is 1. The van der Waals surface area contributed by atoms with Crippen LogP contribution >= 0.6 is 0 Å². The lowest BCUT2D eigenvalue weighted by molar-refractivity contribution is -0.115. The van der Waals surface area contributed by atoms with Crippen LogP contribution in [0.1, 0.15) is 10.4 Å². The van der Waals surface area contributed by atoms with E-state index in [4.69, 9.17) is 5.11 Å². The third kappa shape index (κ3) is 3.55. The van der Waals surface area contributed by atoms with E-state index >= 15 is 0 Å².